The molecular formula is C69H118O6. The van der Waals surface area contributed by atoms with Crippen LogP contribution < -0.4 is 0 Å². The molecule has 0 aromatic carbocycles. The van der Waals surface area contributed by atoms with Crippen LogP contribution in [0.15, 0.2) is 97.2 Å². The standard InChI is InChI=1S/C69H118O6/c1-4-7-10-13-16-19-22-25-28-30-32-33-34-35-37-38-41-44-47-50-53-56-59-62-68(71)74-65-66(64-73-67(70)61-58-55-52-49-46-43-40-27-24-21-18-15-12-9-6-3)75-69(72)63-60-57-54-51-48-45-42-39-36-31-29-26-23-20-17-14-11-8-5-2/h8,11,17-18,20-22,25-27,29-30,32,36,39-40,66H,4-7,9-10,12-16,19,23-24,28,31,33-35,37-38,41-65H2,1-3H3/b11-8-,20-17-,21-18-,25-22-,29-26-,32-30-,39-36-,40-27-. The summed E-state index contributed by atoms with van der Waals surface area (Å²) in [5.74, 6) is -0.910. The molecule has 0 aliphatic rings. The van der Waals surface area contributed by atoms with Crippen LogP contribution in [0, 0.1) is 0 Å². The molecule has 75 heavy (non-hydrogen) atoms. The van der Waals surface area contributed by atoms with E-state index in [0.29, 0.717) is 19.3 Å². The Morgan fingerprint density at radius 2 is 0.520 bits per heavy atom. The second-order valence-corrected chi connectivity index (χ2v) is 20.9. The first-order valence-electron chi connectivity index (χ1n) is 31.7. The molecule has 0 fully saturated rings. The highest BCUT2D eigenvalue weighted by atomic mass is 16.6. The molecule has 1 unspecified atom stereocenters. The summed E-state index contributed by atoms with van der Waals surface area (Å²) in [5, 5.41) is 0. The predicted octanol–water partition coefficient (Wildman–Crippen LogP) is 21.7. The van der Waals surface area contributed by atoms with Gasteiger partial charge in [0.25, 0.3) is 0 Å². The zero-order valence-electron chi connectivity index (χ0n) is 49.3. The summed E-state index contributed by atoms with van der Waals surface area (Å²) in [5.41, 5.74) is 0. The first-order valence-corrected chi connectivity index (χ1v) is 31.7. The van der Waals surface area contributed by atoms with Crippen LogP contribution in [0.25, 0.3) is 0 Å². The zero-order valence-corrected chi connectivity index (χ0v) is 49.3. The highest BCUT2D eigenvalue weighted by molar-refractivity contribution is 5.71. The Bertz CT molecular complexity index is 1480. The van der Waals surface area contributed by atoms with Gasteiger partial charge in [-0.2, -0.15) is 0 Å². The van der Waals surface area contributed by atoms with Crippen LogP contribution in [0.5, 0.6) is 0 Å². The van der Waals surface area contributed by atoms with Gasteiger partial charge >= 0.3 is 17.9 Å². The Kier molecular flexibility index (Phi) is 59.8. The maximum atomic E-state index is 12.9. The van der Waals surface area contributed by atoms with Crippen molar-refractivity contribution >= 4 is 17.9 Å². The van der Waals surface area contributed by atoms with Gasteiger partial charge in [0, 0.05) is 19.3 Å². The van der Waals surface area contributed by atoms with Crippen LogP contribution in [0.3, 0.4) is 0 Å². The Morgan fingerprint density at radius 3 is 0.840 bits per heavy atom. The smallest absolute Gasteiger partial charge is 0.306 e. The van der Waals surface area contributed by atoms with Gasteiger partial charge in [0.1, 0.15) is 13.2 Å². The van der Waals surface area contributed by atoms with Gasteiger partial charge in [-0.15, -0.1) is 0 Å². The Balaban J connectivity index is 4.39. The molecule has 0 saturated heterocycles. The Labute approximate surface area is 464 Å². The summed E-state index contributed by atoms with van der Waals surface area (Å²) in [6.45, 7) is 6.49. The molecule has 0 aromatic heterocycles. The van der Waals surface area contributed by atoms with Gasteiger partial charge in [-0.05, 0) is 122 Å². The predicted molar refractivity (Wildman–Crippen MR) is 325 cm³/mol. The minimum Gasteiger partial charge on any atom is -0.462 e. The first-order chi connectivity index (χ1) is 37.0. The SMILES string of the molecule is CC/C=C\C/C=C\C/C=C\C/C=C\CCCCCCCCC(=O)OC(COC(=O)CCCCCCC/C=C\C/C=C\CCCCC)COC(=O)CCCCCCCCCCCCC/C=C\C/C=C\CCCCCCC. The molecule has 0 rings (SSSR count). The average molecular weight is 1040 g/mol. The molecule has 0 bridgehead atoms. The van der Waals surface area contributed by atoms with E-state index in [1.807, 2.05) is 0 Å². The minimum atomic E-state index is -0.794. The molecule has 0 N–H and O–H groups in total. The lowest BCUT2D eigenvalue weighted by Crippen LogP contribution is -2.30. The van der Waals surface area contributed by atoms with Gasteiger partial charge < -0.3 is 14.2 Å². The average Bonchev–Trinajstić information content (AvgIpc) is 3.41. The van der Waals surface area contributed by atoms with Gasteiger partial charge in [-0.25, -0.2) is 0 Å². The van der Waals surface area contributed by atoms with E-state index < -0.39 is 6.10 Å². The first kappa shape index (κ1) is 71.3. The number of carbonyl (C=O) groups is 3. The van der Waals surface area contributed by atoms with Gasteiger partial charge in [0.2, 0.25) is 0 Å². The second-order valence-electron chi connectivity index (χ2n) is 20.9. The number of hydrogen-bond donors (Lipinski definition) is 0. The number of allylic oxidation sites excluding steroid dienone is 16. The number of esters is 3. The largest absolute Gasteiger partial charge is 0.462 e. The fourth-order valence-electron chi connectivity index (χ4n) is 8.79. The molecular weight excluding hydrogens is 925 g/mol. The van der Waals surface area contributed by atoms with Crippen molar-refractivity contribution in [3.63, 3.8) is 0 Å². The van der Waals surface area contributed by atoms with Gasteiger partial charge in [0.15, 0.2) is 6.10 Å². The number of hydrogen-bond acceptors (Lipinski definition) is 6. The highest BCUT2D eigenvalue weighted by Gasteiger charge is 2.19. The third kappa shape index (κ3) is 61.1. The quantitative estimate of drug-likeness (QED) is 0.0261. The van der Waals surface area contributed by atoms with E-state index in [1.165, 1.54) is 135 Å². The van der Waals surface area contributed by atoms with E-state index in [9.17, 15) is 14.4 Å². The molecule has 0 radical (unpaired) electrons. The molecule has 430 valence electrons. The summed E-state index contributed by atoms with van der Waals surface area (Å²) in [7, 11) is 0. The summed E-state index contributed by atoms with van der Waals surface area (Å²) in [6.07, 6.45) is 84.0. The van der Waals surface area contributed by atoms with Gasteiger partial charge in [0.05, 0.1) is 0 Å². The van der Waals surface area contributed by atoms with Crippen LogP contribution in [-0.4, -0.2) is 37.2 Å². The molecule has 0 saturated carbocycles. The van der Waals surface area contributed by atoms with Crippen molar-refractivity contribution in [1.29, 1.82) is 0 Å². The van der Waals surface area contributed by atoms with E-state index in [1.54, 1.807) is 0 Å². The maximum absolute atomic E-state index is 12.9. The number of ether oxygens (including phenoxy) is 3. The lowest BCUT2D eigenvalue weighted by molar-refractivity contribution is -0.167. The molecule has 0 aliphatic carbocycles. The third-order valence-electron chi connectivity index (χ3n) is 13.5. The van der Waals surface area contributed by atoms with Crippen molar-refractivity contribution < 1.29 is 28.6 Å². The lowest BCUT2D eigenvalue weighted by Gasteiger charge is -2.18. The third-order valence-corrected chi connectivity index (χ3v) is 13.5. The Morgan fingerprint density at radius 1 is 0.280 bits per heavy atom. The molecule has 6 nitrogen and oxygen atoms in total. The zero-order chi connectivity index (χ0) is 54.3. The fraction of sp³-hybridized carbons (Fsp3) is 0.725. The van der Waals surface area contributed by atoms with Crippen molar-refractivity contribution in [1.82, 2.24) is 0 Å². The molecule has 0 heterocycles. The molecule has 6 heteroatoms. The molecule has 0 spiro atoms. The molecule has 0 aromatic rings. The van der Waals surface area contributed by atoms with Gasteiger partial charge in [-0.1, -0.05) is 259 Å². The van der Waals surface area contributed by atoms with Crippen molar-refractivity contribution in [2.45, 2.75) is 309 Å². The van der Waals surface area contributed by atoms with Crippen LogP contribution in [0.2, 0.25) is 0 Å². The fourth-order valence-corrected chi connectivity index (χ4v) is 8.79. The van der Waals surface area contributed by atoms with E-state index >= 15 is 0 Å². The lowest BCUT2D eigenvalue weighted by atomic mass is 10.0. The number of carbonyl (C=O) groups excluding carboxylic acids is 3. The Hall–Kier alpha value is -3.67. The van der Waals surface area contributed by atoms with E-state index in [-0.39, 0.29) is 31.1 Å². The van der Waals surface area contributed by atoms with E-state index in [2.05, 4.69) is 118 Å². The summed E-state index contributed by atoms with van der Waals surface area (Å²) < 4.78 is 16.9. The highest BCUT2D eigenvalue weighted by Crippen LogP contribution is 2.16. The number of unbranched alkanes of at least 4 members (excludes halogenated alkanes) is 30. The summed E-state index contributed by atoms with van der Waals surface area (Å²) in [4.78, 5) is 38.3. The van der Waals surface area contributed by atoms with Crippen molar-refractivity contribution in [2.24, 2.45) is 0 Å². The monoisotopic (exact) mass is 1040 g/mol. The normalized spacial score (nSPS) is 12.7. The van der Waals surface area contributed by atoms with Crippen LogP contribution in [0.1, 0.15) is 303 Å². The molecule has 1 atom stereocenters. The summed E-state index contributed by atoms with van der Waals surface area (Å²) >= 11 is 0. The molecule has 0 aliphatic heterocycles. The van der Waals surface area contributed by atoms with Gasteiger partial charge in [-0.3, -0.25) is 14.4 Å². The van der Waals surface area contributed by atoms with Crippen LogP contribution in [-0.2, 0) is 28.6 Å². The van der Waals surface area contributed by atoms with Crippen LogP contribution >= 0.6 is 0 Å². The van der Waals surface area contributed by atoms with Crippen molar-refractivity contribution in [3.8, 4) is 0 Å². The minimum absolute atomic E-state index is 0.0888. The topological polar surface area (TPSA) is 78.9 Å². The second kappa shape index (κ2) is 62.9. The van der Waals surface area contributed by atoms with E-state index in [0.717, 1.165) is 128 Å². The van der Waals surface area contributed by atoms with E-state index in [4.69, 9.17) is 14.2 Å². The van der Waals surface area contributed by atoms with Crippen molar-refractivity contribution in [2.75, 3.05) is 13.2 Å². The van der Waals surface area contributed by atoms with Crippen molar-refractivity contribution in [3.05, 3.63) is 97.2 Å². The summed E-state index contributed by atoms with van der Waals surface area (Å²) in [6, 6.07) is 0. The maximum Gasteiger partial charge on any atom is 0.306 e. The molecule has 0 amide bonds. The van der Waals surface area contributed by atoms with Crippen LogP contribution in [0.4, 0.5) is 0 Å². The number of rotatable bonds is 57.